The zero-order valence-corrected chi connectivity index (χ0v) is 18.5. The van der Waals surface area contributed by atoms with E-state index in [9.17, 15) is 14.4 Å². The van der Waals surface area contributed by atoms with Gasteiger partial charge >= 0.3 is 0 Å². The Morgan fingerprint density at radius 2 is 1.88 bits per heavy atom. The highest BCUT2D eigenvalue weighted by atomic mass is 16.5. The minimum absolute atomic E-state index is 0.0574. The van der Waals surface area contributed by atoms with Gasteiger partial charge in [0, 0.05) is 43.5 Å². The van der Waals surface area contributed by atoms with E-state index < -0.39 is 11.9 Å². The molecule has 172 valence electrons. The molecule has 1 aromatic heterocycles. The van der Waals surface area contributed by atoms with Crippen LogP contribution >= 0.6 is 0 Å². The lowest BCUT2D eigenvalue weighted by atomic mass is 9.92. The summed E-state index contributed by atoms with van der Waals surface area (Å²) >= 11 is 0. The number of benzene rings is 1. The number of nitrogens with zero attached hydrogens (tertiary/aromatic N) is 2. The molecule has 3 amide bonds. The van der Waals surface area contributed by atoms with Crippen LogP contribution in [-0.4, -0.2) is 45.8 Å². The normalized spacial score (nSPS) is 25.0. The molecule has 33 heavy (non-hydrogen) atoms. The molecule has 8 nitrogen and oxygen atoms in total. The first-order chi connectivity index (χ1) is 16.1. The number of aromatic nitrogens is 1. The third kappa shape index (κ3) is 4.61. The van der Waals surface area contributed by atoms with E-state index in [2.05, 4.69) is 15.6 Å². The summed E-state index contributed by atoms with van der Waals surface area (Å²) in [6.07, 6.45) is 8.61. The fourth-order valence-corrected chi connectivity index (χ4v) is 5.02. The van der Waals surface area contributed by atoms with Crippen LogP contribution in [0.1, 0.15) is 60.0 Å². The van der Waals surface area contributed by atoms with E-state index in [4.69, 9.17) is 4.74 Å². The number of rotatable bonds is 6. The molecule has 2 aliphatic heterocycles. The van der Waals surface area contributed by atoms with Crippen molar-refractivity contribution in [3.63, 3.8) is 0 Å². The van der Waals surface area contributed by atoms with Gasteiger partial charge in [0.2, 0.25) is 11.8 Å². The van der Waals surface area contributed by atoms with Gasteiger partial charge in [-0.3, -0.25) is 24.7 Å². The average molecular weight is 449 g/mol. The molecule has 1 aliphatic carbocycles. The van der Waals surface area contributed by atoms with Crippen LogP contribution in [-0.2, 0) is 22.7 Å². The smallest absolute Gasteiger partial charge is 0.255 e. The van der Waals surface area contributed by atoms with Crippen molar-refractivity contribution in [1.29, 1.82) is 0 Å². The van der Waals surface area contributed by atoms with Crippen LogP contribution in [0.2, 0.25) is 0 Å². The van der Waals surface area contributed by atoms with E-state index in [1.165, 1.54) is 12.0 Å². The molecular weight excluding hydrogens is 420 g/mol. The van der Waals surface area contributed by atoms with Gasteiger partial charge in [-0.15, -0.1) is 0 Å². The quantitative estimate of drug-likeness (QED) is 0.658. The molecule has 2 N–H and O–H groups in total. The zero-order valence-electron chi connectivity index (χ0n) is 18.5. The third-order valence-electron chi connectivity index (χ3n) is 6.80. The van der Waals surface area contributed by atoms with Crippen LogP contribution in [0.15, 0.2) is 42.7 Å². The molecule has 1 unspecified atom stereocenters. The van der Waals surface area contributed by atoms with Gasteiger partial charge in [0.1, 0.15) is 17.9 Å². The van der Waals surface area contributed by atoms with Gasteiger partial charge in [0.05, 0.1) is 0 Å². The third-order valence-corrected chi connectivity index (χ3v) is 6.80. The summed E-state index contributed by atoms with van der Waals surface area (Å²) < 4.78 is 6.40. The summed E-state index contributed by atoms with van der Waals surface area (Å²) in [4.78, 5) is 42.3. The van der Waals surface area contributed by atoms with E-state index in [0.717, 1.165) is 37.1 Å². The minimum atomic E-state index is -0.605. The van der Waals surface area contributed by atoms with Gasteiger partial charge in [-0.25, -0.2) is 0 Å². The van der Waals surface area contributed by atoms with Crippen molar-refractivity contribution in [1.82, 2.24) is 20.5 Å². The van der Waals surface area contributed by atoms with Crippen LogP contribution in [0.3, 0.4) is 0 Å². The molecule has 0 spiro atoms. The molecule has 8 heteroatoms. The number of hydrogen-bond acceptors (Lipinski definition) is 6. The fraction of sp³-hybridized carbons (Fsp3) is 0.440. The number of amides is 3. The molecule has 1 saturated heterocycles. The number of imide groups is 1. The van der Waals surface area contributed by atoms with Crippen molar-refractivity contribution >= 4 is 17.7 Å². The monoisotopic (exact) mass is 448 g/mol. The highest BCUT2D eigenvalue weighted by molar-refractivity contribution is 6.05. The Hall–Kier alpha value is -3.26. The van der Waals surface area contributed by atoms with Crippen molar-refractivity contribution in [2.24, 2.45) is 0 Å². The number of carbonyl (C=O) groups is 3. The highest BCUT2D eigenvalue weighted by Gasteiger charge is 2.39. The molecule has 3 aliphatic rings. The Morgan fingerprint density at radius 1 is 1.06 bits per heavy atom. The van der Waals surface area contributed by atoms with Crippen molar-refractivity contribution in [3.05, 3.63) is 59.4 Å². The standard InChI is InChI=1S/C25H28N4O4/c30-23-8-7-21(24(31)28-23)29-15-17-13-18(5-6-19(17)25(29)32)33-22-4-2-1-3-20(22)27-14-16-9-11-26-12-10-16/h5-6,9-13,20-22,27H,1-4,7-8,14-15H2,(H,28,30,31)/t20-,21?,22-/m1/s1. The van der Waals surface area contributed by atoms with Crippen LogP contribution in [0.5, 0.6) is 5.75 Å². The lowest BCUT2D eigenvalue weighted by Gasteiger charge is -2.33. The Kier molecular flexibility index (Phi) is 6.09. The van der Waals surface area contributed by atoms with Crippen LogP contribution in [0.25, 0.3) is 0 Å². The maximum atomic E-state index is 12.9. The highest BCUT2D eigenvalue weighted by Crippen LogP contribution is 2.32. The van der Waals surface area contributed by atoms with E-state index >= 15 is 0 Å². The van der Waals surface area contributed by atoms with Crippen molar-refractivity contribution in [3.8, 4) is 5.75 Å². The predicted octanol–water partition coefficient (Wildman–Crippen LogP) is 2.32. The number of pyridine rings is 1. The molecule has 3 atom stereocenters. The number of carbonyl (C=O) groups excluding carboxylic acids is 3. The van der Waals surface area contributed by atoms with Crippen molar-refractivity contribution in [2.45, 2.75) is 69.8 Å². The van der Waals surface area contributed by atoms with Gasteiger partial charge in [-0.05, 0) is 67.1 Å². The van der Waals surface area contributed by atoms with Crippen LogP contribution in [0, 0.1) is 0 Å². The number of piperidine rings is 1. The summed E-state index contributed by atoms with van der Waals surface area (Å²) in [6.45, 7) is 1.12. The van der Waals surface area contributed by atoms with E-state index in [0.29, 0.717) is 18.5 Å². The molecule has 2 fully saturated rings. The Bertz CT molecular complexity index is 1060. The van der Waals surface area contributed by atoms with Crippen LogP contribution < -0.4 is 15.4 Å². The van der Waals surface area contributed by atoms with Crippen molar-refractivity contribution in [2.75, 3.05) is 0 Å². The lowest BCUT2D eigenvalue weighted by Crippen LogP contribution is -2.52. The Morgan fingerprint density at radius 3 is 2.70 bits per heavy atom. The number of nitrogens with one attached hydrogen (secondary N) is 2. The van der Waals surface area contributed by atoms with E-state index in [1.807, 2.05) is 24.3 Å². The van der Waals surface area contributed by atoms with Gasteiger partial charge in [-0.2, -0.15) is 0 Å². The van der Waals surface area contributed by atoms with Gasteiger partial charge in [-0.1, -0.05) is 6.42 Å². The first kappa shape index (κ1) is 21.6. The van der Waals surface area contributed by atoms with Gasteiger partial charge in [0.15, 0.2) is 0 Å². The molecule has 1 aromatic carbocycles. The SMILES string of the molecule is O=C1CCC(N2Cc3cc(O[C@@H]4CCCC[C@H]4NCc4ccncc4)ccc3C2=O)C(=O)N1. The predicted molar refractivity (Wildman–Crippen MR) is 120 cm³/mol. The van der Waals surface area contributed by atoms with Gasteiger partial charge < -0.3 is 15.0 Å². The molecule has 0 bridgehead atoms. The molecule has 2 aromatic rings. The molecular formula is C25H28N4O4. The summed E-state index contributed by atoms with van der Waals surface area (Å²) in [6, 6.07) is 9.23. The molecule has 1 saturated carbocycles. The summed E-state index contributed by atoms with van der Waals surface area (Å²) in [5, 5.41) is 5.98. The maximum Gasteiger partial charge on any atom is 0.255 e. The first-order valence-corrected chi connectivity index (χ1v) is 11.6. The largest absolute Gasteiger partial charge is 0.489 e. The second-order valence-electron chi connectivity index (χ2n) is 9.00. The topological polar surface area (TPSA) is 101 Å². The van der Waals surface area contributed by atoms with Crippen LogP contribution in [0.4, 0.5) is 0 Å². The lowest BCUT2D eigenvalue weighted by molar-refractivity contribution is -0.136. The second kappa shape index (κ2) is 9.31. The number of hydrogen-bond donors (Lipinski definition) is 2. The van der Waals surface area contributed by atoms with E-state index in [1.54, 1.807) is 23.4 Å². The van der Waals surface area contributed by atoms with E-state index in [-0.39, 0.29) is 30.4 Å². The summed E-state index contributed by atoms with van der Waals surface area (Å²) in [7, 11) is 0. The van der Waals surface area contributed by atoms with Crippen molar-refractivity contribution < 1.29 is 19.1 Å². The summed E-state index contributed by atoms with van der Waals surface area (Å²) in [5.74, 6) is -0.0974. The fourth-order valence-electron chi connectivity index (χ4n) is 5.02. The zero-order chi connectivity index (χ0) is 22.8. The second-order valence-corrected chi connectivity index (χ2v) is 9.00. The Balaban J connectivity index is 1.25. The molecule has 3 heterocycles. The molecule has 0 radical (unpaired) electrons. The maximum absolute atomic E-state index is 12.9. The average Bonchev–Trinajstić information content (AvgIpc) is 3.14. The van der Waals surface area contributed by atoms with Gasteiger partial charge in [0.25, 0.3) is 5.91 Å². The summed E-state index contributed by atoms with van der Waals surface area (Å²) in [5.41, 5.74) is 2.65. The molecule has 5 rings (SSSR count). The Labute approximate surface area is 192 Å². The number of fused-ring (bicyclic) bond motifs is 1. The number of ether oxygens (including phenoxy) is 1. The minimum Gasteiger partial charge on any atom is -0.489 e. The first-order valence-electron chi connectivity index (χ1n) is 11.6.